The van der Waals surface area contributed by atoms with E-state index in [4.69, 9.17) is 0 Å². The largest absolute Gasteiger partial charge is 0.371 e. The summed E-state index contributed by atoms with van der Waals surface area (Å²) in [6.07, 6.45) is 7.40. The Hall–Kier alpha value is -1.76. The van der Waals surface area contributed by atoms with Crippen molar-refractivity contribution < 1.29 is 0 Å². The molecule has 1 nitrogen and oxygen atoms in total. The van der Waals surface area contributed by atoms with Crippen LogP contribution in [0.25, 0.3) is 11.1 Å². The first-order valence-corrected chi connectivity index (χ1v) is 8.67. The zero-order valence-electron chi connectivity index (χ0n) is 13.8. The predicted octanol–water partition coefficient (Wildman–Crippen LogP) is 5.67. The maximum Gasteiger partial charge on any atom is 0.0411 e. The van der Waals surface area contributed by atoms with E-state index in [-0.39, 0.29) is 0 Å². The average molecular weight is 292 g/mol. The van der Waals surface area contributed by atoms with Gasteiger partial charge in [-0.3, -0.25) is 0 Å². The molecule has 0 amide bonds. The second-order valence-electron chi connectivity index (χ2n) is 6.16. The normalized spacial score (nSPS) is 12.1. The Bertz CT molecular complexity index is 622. The van der Waals surface area contributed by atoms with Crippen molar-refractivity contribution in [1.82, 2.24) is 0 Å². The molecule has 0 aliphatic heterocycles. The van der Waals surface area contributed by atoms with Crippen molar-refractivity contribution in [3.05, 3.63) is 60.0 Å². The van der Waals surface area contributed by atoms with Crippen LogP contribution in [0, 0.1) is 6.42 Å². The fourth-order valence-corrected chi connectivity index (χ4v) is 3.29. The Morgan fingerprint density at radius 2 is 1.45 bits per heavy atom. The lowest BCUT2D eigenvalue weighted by atomic mass is 10.0. The molecule has 0 aromatic heterocycles. The van der Waals surface area contributed by atoms with Gasteiger partial charge in [0.2, 0.25) is 0 Å². The Kier molecular flexibility index (Phi) is 4.82. The van der Waals surface area contributed by atoms with Crippen molar-refractivity contribution in [2.45, 2.75) is 39.5 Å². The molecule has 0 N–H and O–H groups in total. The van der Waals surface area contributed by atoms with E-state index in [1.165, 1.54) is 53.6 Å². The van der Waals surface area contributed by atoms with Crippen LogP contribution < -0.4 is 4.90 Å². The molecular formula is C21H26N. The molecule has 3 rings (SSSR count). The van der Waals surface area contributed by atoms with Crippen molar-refractivity contribution in [2.24, 2.45) is 0 Å². The van der Waals surface area contributed by atoms with E-state index >= 15 is 0 Å². The molecule has 0 spiro atoms. The van der Waals surface area contributed by atoms with E-state index in [0.29, 0.717) is 0 Å². The second kappa shape index (κ2) is 7.00. The van der Waals surface area contributed by atoms with Gasteiger partial charge in [0.25, 0.3) is 0 Å². The van der Waals surface area contributed by atoms with Crippen LogP contribution in [0.15, 0.2) is 42.5 Å². The van der Waals surface area contributed by atoms with Gasteiger partial charge in [-0.2, -0.15) is 0 Å². The van der Waals surface area contributed by atoms with Gasteiger partial charge in [0.15, 0.2) is 0 Å². The van der Waals surface area contributed by atoms with E-state index in [2.05, 4.69) is 67.6 Å². The molecule has 22 heavy (non-hydrogen) atoms. The van der Waals surface area contributed by atoms with Gasteiger partial charge in [-0.15, -0.1) is 0 Å². The Morgan fingerprint density at radius 3 is 2.18 bits per heavy atom. The molecule has 1 aliphatic rings. The minimum absolute atomic E-state index is 1.16. The molecule has 1 aliphatic carbocycles. The number of benzene rings is 2. The molecule has 0 bridgehead atoms. The zero-order chi connectivity index (χ0) is 15.4. The van der Waals surface area contributed by atoms with Crippen molar-refractivity contribution in [2.75, 3.05) is 18.0 Å². The molecule has 0 unspecified atom stereocenters. The number of anilines is 1. The number of unbranched alkanes of at least 4 members (excludes halogenated alkanes) is 2. The molecule has 115 valence electrons. The monoisotopic (exact) mass is 292 g/mol. The highest BCUT2D eigenvalue weighted by atomic mass is 15.1. The van der Waals surface area contributed by atoms with Gasteiger partial charge in [-0.05, 0) is 41.2 Å². The zero-order valence-corrected chi connectivity index (χ0v) is 13.8. The number of rotatable bonds is 7. The summed E-state index contributed by atoms with van der Waals surface area (Å²) in [5.74, 6) is 0. The lowest BCUT2D eigenvalue weighted by Crippen LogP contribution is -2.26. The quantitative estimate of drug-likeness (QED) is 0.542. The highest BCUT2D eigenvalue weighted by Gasteiger charge is 2.22. The Labute approximate surface area is 135 Å². The number of hydrogen-bond donors (Lipinski definition) is 0. The van der Waals surface area contributed by atoms with Gasteiger partial charge in [-0.1, -0.05) is 63.1 Å². The standard InChI is InChI=1S/C21H26N/c1-3-5-14-22(15-6-4-2)21-13-9-12-19-18-11-8-7-10-17(18)16-20(19)21/h7-13,16H,3-6,14-15H2,1-2H3. The summed E-state index contributed by atoms with van der Waals surface area (Å²) < 4.78 is 0. The first-order valence-electron chi connectivity index (χ1n) is 8.67. The van der Waals surface area contributed by atoms with Gasteiger partial charge in [0.05, 0.1) is 0 Å². The van der Waals surface area contributed by atoms with E-state index in [1.807, 2.05) is 0 Å². The summed E-state index contributed by atoms with van der Waals surface area (Å²) in [4.78, 5) is 2.59. The lowest BCUT2D eigenvalue weighted by Gasteiger charge is -2.27. The third-order valence-corrected chi connectivity index (χ3v) is 4.54. The summed E-state index contributed by atoms with van der Waals surface area (Å²) in [7, 11) is 0. The molecule has 0 heterocycles. The van der Waals surface area contributed by atoms with Gasteiger partial charge in [0.1, 0.15) is 0 Å². The number of nitrogens with zero attached hydrogens (tertiary/aromatic N) is 1. The van der Waals surface area contributed by atoms with Crippen molar-refractivity contribution >= 4 is 5.69 Å². The molecule has 1 radical (unpaired) electrons. The van der Waals surface area contributed by atoms with Crippen LogP contribution in [0.3, 0.4) is 0 Å². The SMILES string of the molecule is CCCCN(CCCC)c1cccc2c1[CH]c1ccccc1-2. The van der Waals surface area contributed by atoms with Crippen LogP contribution in [0.5, 0.6) is 0 Å². The van der Waals surface area contributed by atoms with E-state index in [9.17, 15) is 0 Å². The van der Waals surface area contributed by atoms with Crippen molar-refractivity contribution in [1.29, 1.82) is 0 Å². The Morgan fingerprint density at radius 1 is 0.773 bits per heavy atom. The lowest BCUT2D eigenvalue weighted by molar-refractivity contribution is 0.677. The smallest absolute Gasteiger partial charge is 0.0411 e. The van der Waals surface area contributed by atoms with Crippen LogP contribution in [-0.2, 0) is 0 Å². The topological polar surface area (TPSA) is 3.24 Å². The summed E-state index contributed by atoms with van der Waals surface area (Å²) in [6.45, 7) is 6.87. The molecule has 1 heteroatoms. The van der Waals surface area contributed by atoms with Gasteiger partial charge >= 0.3 is 0 Å². The third kappa shape index (κ3) is 2.90. The first-order chi connectivity index (χ1) is 10.8. The van der Waals surface area contributed by atoms with E-state index in [1.54, 1.807) is 0 Å². The molecule has 0 fully saturated rings. The molecule has 2 aromatic rings. The summed E-state index contributed by atoms with van der Waals surface area (Å²) in [5.41, 5.74) is 6.96. The van der Waals surface area contributed by atoms with E-state index in [0.717, 1.165) is 13.1 Å². The highest BCUT2D eigenvalue weighted by molar-refractivity contribution is 5.86. The minimum atomic E-state index is 1.16. The summed E-state index contributed by atoms with van der Waals surface area (Å²) >= 11 is 0. The summed E-state index contributed by atoms with van der Waals surface area (Å²) in [5, 5.41) is 0. The van der Waals surface area contributed by atoms with Crippen LogP contribution in [0.1, 0.15) is 50.7 Å². The second-order valence-corrected chi connectivity index (χ2v) is 6.16. The maximum absolute atomic E-state index is 2.59. The fraction of sp³-hybridized carbons (Fsp3) is 0.381. The van der Waals surface area contributed by atoms with Crippen molar-refractivity contribution in [3.63, 3.8) is 0 Å². The van der Waals surface area contributed by atoms with Crippen LogP contribution >= 0.6 is 0 Å². The molecule has 0 saturated carbocycles. The maximum atomic E-state index is 2.59. The van der Waals surface area contributed by atoms with Gasteiger partial charge in [-0.25, -0.2) is 0 Å². The minimum Gasteiger partial charge on any atom is -0.371 e. The number of fused-ring (bicyclic) bond motifs is 3. The molecule has 2 aromatic carbocycles. The summed E-state index contributed by atoms with van der Waals surface area (Å²) in [6, 6.07) is 15.5. The molecule has 0 saturated heterocycles. The number of hydrogen-bond acceptors (Lipinski definition) is 1. The fourth-order valence-electron chi connectivity index (χ4n) is 3.29. The van der Waals surface area contributed by atoms with Crippen LogP contribution in [0.2, 0.25) is 0 Å². The predicted molar refractivity (Wildman–Crippen MR) is 96.4 cm³/mol. The Balaban J connectivity index is 1.94. The highest BCUT2D eigenvalue weighted by Crippen LogP contribution is 2.42. The first kappa shape index (κ1) is 15.1. The third-order valence-electron chi connectivity index (χ3n) is 4.54. The van der Waals surface area contributed by atoms with Crippen LogP contribution in [0.4, 0.5) is 5.69 Å². The molecular weight excluding hydrogens is 266 g/mol. The van der Waals surface area contributed by atoms with Crippen molar-refractivity contribution in [3.8, 4) is 11.1 Å². The molecule has 0 atom stereocenters. The average Bonchev–Trinajstić information content (AvgIpc) is 2.94. The van der Waals surface area contributed by atoms with Gasteiger partial charge in [0, 0.05) is 25.2 Å². The van der Waals surface area contributed by atoms with Gasteiger partial charge < -0.3 is 4.90 Å². The van der Waals surface area contributed by atoms with Crippen LogP contribution in [-0.4, -0.2) is 13.1 Å². The van der Waals surface area contributed by atoms with E-state index < -0.39 is 0 Å².